The summed E-state index contributed by atoms with van der Waals surface area (Å²) in [5.41, 5.74) is 0. The molecular weight excluding hydrogens is 280 g/mol. The number of thiophene rings is 1. The first kappa shape index (κ1) is 14.6. The first-order valence-electron chi connectivity index (χ1n) is 6.53. The molecule has 2 rings (SSSR count). The van der Waals surface area contributed by atoms with E-state index >= 15 is 0 Å². The smallest absolute Gasteiger partial charge is 0.324 e. The summed E-state index contributed by atoms with van der Waals surface area (Å²) in [6.45, 7) is 2.13. The zero-order valence-corrected chi connectivity index (χ0v) is 12.0. The molecule has 1 fully saturated rings. The van der Waals surface area contributed by atoms with Crippen molar-refractivity contribution >= 4 is 28.0 Å². The quantitative estimate of drug-likeness (QED) is 0.632. The van der Waals surface area contributed by atoms with Gasteiger partial charge in [0.15, 0.2) is 0 Å². The number of nitrogens with zero attached hydrogens (tertiary/aromatic N) is 2. The molecule has 1 saturated heterocycles. The molecule has 2 heterocycles. The van der Waals surface area contributed by atoms with Crippen LogP contribution in [0, 0.1) is 10.1 Å². The number of piperidine rings is 1. The normalized spacial score (nSPS) is 18.9. The van der Waals surface area contributed by atoms with Crippen molar-refractivity contribution < 1.29 is 14.5 Å². The largest absolute Gasteiger partial charge is 0.335 e. The molecular formula is C13H16N2O4S. The van der Waals surface area contributed by atoms with Gasteiger partial charge in [0.2, 0.25) is 0 Å². The van der Waals surface area contributed by atoms with E-state index in [2.05, 4.69) is 0 Å². The lowest BCUT2D eigenvalue weighted by atomic mass is 9.97. The molecule has 1 atom stereocenters. The molecule has 0 N–H and O–H groups in total. The summed E-state index contributed by atoms with van der Waals surface area (Å²) in [5.74, 6) is -0.138. The molecule has 1 unspecified atom stereocenters. The fourth-order valence-electron chi connectivity index (χ4n) is 2.49. The van der Waals surface area contributed by atoms with E-state index in [4.69, 9.17) is 0 Å². The van der Waals surface area contributed by atoms with Gasteiger partial charge in [-0.25, -0.2) is 0 Å². The van der Waals surface area contributed by atoms with Crippen molar-refractivity contribution in [3.05, 3.63) is 27.1 Å². The molecule has 1 aliphatic heterocycles. The van der Waals surface area contributed by atoms with Gasteiger partial charge >= 0.3 is 5.00 Å². The van der Waals surface area contributed by atoms with Crippen LogP contribution in [-0.2, 0) is 4.79 Å². The van der Waals surface area contributed by atoms with E-state index in [9.17, 15) is 19.7 Å². The predicted octanol–water partition coefficient (Wildman–Crippen LogP) is 2.63. The summed E-state index contributed by atoms with van der Waals surface area (Å²) < 4.78 is 0. The van der Waals surface area contributed by atoms with E-state index < -0.39 is 4.92 Å². The predicted molar refractivity (Wildman–Crippen MR) is 74.9 cm³/mol. The van der Waals surface area contributed by atoms with Crippen molar-refractivity contribution in [1.29, 1.82) is 0 Å². The maximum absolute atomic E-state index is 12.4. The molecule has 7 heteroatoms. The van der Waals surface area contributed by atoms with Crippen LogP contribution in [0.1, 0.15) is 42.3 Å². The molecule has 0 radical (unpaired) electrons. The summed E-state index contributed by atoms with van der Waals surface area (Å²) in [6, 6.07) is 2.77. The first-order chi connectivity index (χ1) is 9.49. The number of Topliss-reactive ketones (excluding diaryl/α,β-unsaturated/α-hetero) is 1. The second-order valence-corrected chi connectivity index (χ2v) is 6.01. The number of carbonyl (C=O) groups excluding carboxylic acids is 2. The van der Waals surface area contributed by atoms with Gasteiger partial charge < -0.3 is 4.90 Å². The van der Waals surface area contributed by atoms with Crippen molar-refractivity contribution in [1.82, 2.24) is 4.90 Å². The Kier molecular flexibility index (Phi) is 4.49. The van der Waals surface area contributed by atoms with E-state index in [0.29, 0.717) is 17.8 Å². The van der Waals surface area contributed by atoms with Crippen LogP contribution in [0.2, 0.25) is 0 Å². The summed E-state index contributed by atoms with van der Waals surface area (Å²) >= 11 is 0.888. The Morgan fingerprint density at radius 2 is 2.20 bits per heavy atom. The second kappa shape index (κ2) is 6.13. The maximum Gasteiger partial charge on any atom is 0.324 e. The van der Waals surface area contributed by atoms with Crippen LogP contribution >= 0.6 is 11.3 Å². The lowest BCUT2D eigenvalue weighted by Gasteiger charge is -2.35. The average Bonchev–Trinajstić information content (AvgIpc) is 2.87. The van der Waals surface area contributed by atoms with Gasteiger partial charge in [0.1, 0.15) is 5.78 Å². The average molecular weight is 296 g/mol. The van der Waals surface area contributed by atoms with Crippen molar-refractivity contribution in [3.8, 4) is 0 Å². The highest BCUT2D eigenvalue weighted by Crippen LogP contribution is 2.28. The first-order valence-corrected chi connectivity index (χ1v) is 7.35. The lowest BCUT2D eigenvalue weighted by molar-refractivity contribution is -0.380. The lowest BCUT2D eigenvalue weighted by Crippen LogP contribution is -2.44. The maximum atomic E-state index is 12.4. The standard InChI is InChI=1S/C13H16N2O4S/c1-9(16)8-10-4-2-3-7-14(10)13(17)11-5-6-12(20-11)15(18)19/h5-6,10H,2-4,7-8H2,1H3. The number of carbonyl (C=O) groups is 2. The highest BCUT2D eigenvalue weighted by molar-refractivity contribution is 7.17. The molecule has 1 aromatic rings. The van der Waals surface area contributed by atoms with Crippen LogP contribution in [0.5, 0.6) is 0 Å². The van der Waals surface area contributed by atoms with Crippen LogP contribution in [0.15, 0.2) is 12.1 Å². The Morgan fingerprint density at radius 1 is 1.45 bits per heavy atom. The number of amides is 1. The summed E-state index contributed by atoms with van der Waals surface area (Å²) in [7, 11) is 0. The third-order valence-corrected chi connectivity index (χ3v) is 4.42. The monoisotopic (exact) mass is 296 g/mol. The Labute approximate surface area is 120 Å². The number of rotatable bonds is 4. The fourth-order valence-corrected chi connectivity index (χ4v) is 3.27. The van der Waals surface area contributed by atoms with Crippen LogP contribution in [-0.4, -0.2) is 34.1 Å². The second-order valence-electron chi connectivity index (χ2n) is 4.95. The number of ketones is 1. The van der Waals surface area contributed by atoms with Gasteiger partial charge in [-0.2, -0.15) is 0 Å². The summed E-state index contributed by atoms with van der Waals surface area (Å²) in [4.78, 5) is 36.0. The minimum atomic E-state index is -0.495. The van der Waals surface area contributed by atoms with E-state index in [0.717, 1.165) is 30.6 Å². The van der Waals surface area contributed by atoms with E-state index in [1.165, 1.54) is 19.1 Å². The number of likely N-dealkylation sites (tertiary alicyclic amines) is 1. The fraction of sp³-hybridized carbons (Fsp3) is 0.538. The molecule has 1 aliphatic rings. The van der Waals surface area contributed by atoms with Gasteiger partial charge in [0, 0.05) is 25.1 Å². The van der Waals surface area contributed by atoms with E-state index in [1.807, 2.05) is 0 Å². The van der Waals surface area contributed by atoms with Crippen LogP contribution in [0.25, 0.3) is 0 Å². The van der Waals surface area contributed by atoms with Gasteiger partial charge in [0.05, 0.1) is 9.80 Å². The van der Waals surface area contributed by atoms with Crippen LogP contribution < -0.4 is 0 Å². The number of nitro groups is 1. The molecule has 108 valence electrons. The van der Waals surface area contributed by atoms with E-state index in [1.54, 1.807) is 4.90 Å². The molecule has 0 aliphatic carbocycles. The molecule has 0 aromatic carbocycles. The third-order valence-electron chi connectivity index (χ3n) is 3.39. The molecule has 0 spiro atoms. The van der Waals surface area contributed by atoms with Crippen molar-refractivity contribution in [3.63, 3.8) is 0 Å². The molecule has 0 saturated carbocycles. The Morgan fingerprint density at radius 3 is 2.80 bits per heavy atom. The minimum absolute atomic E-state index is 0.0338. The minimum Gasteiger partial charge on any atom is -0.335 e. The highest BCUT2D eigenvalue weighted by Gasteiger charge is 2.29. The van der Waals surface area contributed by atoms with Crippen molar-refractivity contribution in [2.24, 2.45) is 0 Å². The van der Waals surface area contributed by atoms with Gasteiger partial charge in [0.25, 0.3) is 5.91 Å². The van der Waals surface area contributed by atoms with Crippen LogP contribution in [0.3, 0.4) is 0 Å². The van der Waals surface area contributed by atoms with Gasteiger partial charge in [-0.05, 0) is 32.3 Å². The Hall–Kier alpha value is -1.76. The molecule has 6 nitrogen and oxygen atoms in total. The highest BCUT2D eigenvalue weighted by atomic mass is 32.1. The zero-order valence-electron chi connectivity index (χ0n) is 11.2. The molecule has 1 amide bonds. The molecule has 20 heavy (non-hydrogen) atoms. The molecule has 1 aromatic heterocycles. The number of hydrogen-bond donors (Lipinski definition) is 0. The van der Waals surface area contributed by atoms with Crippen LogP contribution in [0.4, 0.5) is 5.00 Å². The van der Waals surface area contributed by atoms with E-state index in [-0.39, 0.29) is 22.7 Å². The van der Waals surface area contributed by atoms with Gasteiger partial charge in [-0.1, -0.05) is 11.3 Å². The third kappa shape index (κ3) is 3.22. The Balaban J connectivity index is 2.15. The van der Waals surface area contributed by atoms with Gasteiger partial charge in [-0.3, -0.25) is 19.7 Å². The topological polar surface area (TPSA) is 80.5 Å². The summed E-state index contributed by atoms with van der Waals surface area (Å²) in [5, 5.41) is 10.6. The Bertz CT molecular complexity index is 540. The van der Waals surface area contributed by atoms with Crippen molar-refractivity contribution in [2.75, 3.05) is 6.54 Å². The molecule has 0 bridgehead atoms. The number of hydrogen-bond acceptors (Lipinski definition) is 5. The van der Waals surface area contributed by atoms with Gasteiger partial charge in [-0.15, -0.1) is 0 Å². The summed E-state index contributed by atoms with van der Waals surface area (Å²) in [6.07, 6.45) is 3.10. The van der Waals surface area contributed by atoms with Crippen molar-refractivity contribution in [2.45, 2.75) is 38.6 Å². The zero-order chi connectivity index (χ0) is 14.7. The SMILES string of the molecule is CC(=O)CC1CCCCN1C(=O)c1ccc([N+](=O)[O-])s1.